The Morgan fingerprint density at radius 1 is 1.50 bits per heavy atom. The Hall–Kier alpha value is -0.650. The molecule has 0 fully saturated rings. The molecule has 1 unspecified atom stereocenters. The molecule has 0 saturated carbocycles. The zero-order valence-corrected chi connectivity index (χ0v) is 4.29. The molecule has 0 aliphatic heterocycles. The zero-order valence-electron chi connectivity index (χ0n) is 4.29. The van der Waals surface area contributed by atoms with Crippen molar-refractivity contribution in [2.24, 2.45) is 5.92 Å². The zero-order chi connectivity index (χ0) is 6.78. The number of alkyl halides is 3. The molecule has 0 bridgehead atoms. The van der Waals surface area contributed by atoms with Gasteiger partial charge in [0.05, 0.1) is 0 Å². The van der Waals surface area contributed by atoms with Gasteiger partial charge in [-0.1, -0.05) is 5.92 Å². The molecular formula is C5H5F3. The van der Waals surface area contributed by atoms with Crippen molar-refractivity contribution in [2.75, 3.05) is 0 Å². The maximum absolute atomic E-state index is 11.3. The highest BCUT2D eigenvalue weighted by Gasteiger charge is 2.34. The molecule has 0 aromatic heterocycles. The molecule has 0 radical (unpaired) electrons. The molecule has 3 heteroatoms. The van der Waals surface area contributed by atoms with Crippen LogP contribution in [0, 0.1) is 18.3 Å². The molecule has 0 aliphatic carbocycles. The lowest BCUT2D eigenvalue weighted by atomic mass is 10.2. The second-order valence-electron chi connectivity index (χ2n) is 1.43. The minimum absolute atomic E-state index is 0.944. The third kappa shape index (κ3) is 1.87. The van der Waals surface area contributed by atoms with E-state index in [2.05, 4.69) is 6.42 Å². The number of hydrogen-bond donors (Lipinski definition) is 0. The van der Waals surface area contributed by atoms with Crippen molar-refractivity contribution in [1.29, 1.82) is 0 Å². The van der Waals surface area contributed by atoms with Gasteiger partial charge in [0.1, 0.15) is 5.92 Å². The lowest BCUT2D eigenvalue weighted by Gasteiger charge is -2.06. The molecule has 46 valence electrons. The Morgan fingerprint density at radius 3 is 1.88 bits per heavy atom. The number of terminal acetylenes is 1. The fraction of sp³-hybridized carbons (Fsp3) is 0.600. The van der Waals surface area contributed by atoms with E-state index in [0.29, 0.717) is 0 Å². The van der Waals surface area contributed by atoms with Crippen molar-refractivity contribution in [1.82, 2.24) is 0 Å². The molecule has 8 heavy (non-hydrogen) atoms. The van der Waals surface area contributed by atoms with E-state index in [-0.39, 0.29) is 0 Å². The fourth-order valence-electron chi connectivity index (χ4n) is 0.0945. The number of rotatable bonds is 0. The summed E-state index contributed by atoms with van der Waals surface area (Å²) < 4.78 is 33.9. The second kappa shape index (κ2) is 2.08. The average molecular weight is 122 g/mol. The Kier molecular flexibility index (Phi) is 1.91. The quantitative estimate of drug-likeness (QED) is 0.430. The van der Waals surface area contributed by atoms with Crippen LogP contribution in [0.5, 0.6) is 0 Å². The molecule has 1 atom stereocenters. The summed E-state index contributed by atoms with van der Waals surface area (Å²) in [6, 6.07) is 0. The van der Waals surface area contributed by atoms with Crippen molar-refractivity contribution < 1.29 is 13.2 Å². The molecule has 0 saturated heterocycles. The summed E-state index contributed by atoms with van der Waals surface area (Å²) in [5, 5.41) is 0. The normalized spacial score (nSPS) is 14.9. The Bertz CT molecular complexity index is 106. The molecule has 0 aromatic carbocycles. The van der Waals surface area contributed by atoms with Gasteiger partial charge in [-0.3, -0.25) is 0 Å². The molecule has 0 N–H and O–H groups in total. The van der Waals surface area contributed by atoms with E-state index in [1.165, 1.54) is 0 Å². The predicted octanol–water partition coefficient (Wildman–Crippen LogP) is 1.82. The highest BCUT2D eigenvalue weighted by molar-refractivity contribution is 4.93. The summed E-state index contributed by atoms with van der Waals surface area (Å²) in [5.41, 5.74) is 0. The standard InChI is InChI=1S/C5H5F3/c1-3-4(2)5(6,7)8/h1,4H,2H3. The molecule has 0 rings (SSSR count). The summed E-state index contributed by atoms with van der Waals surface area (Å²) in [6.07, 6.45) is 0.261. The highest BCUT2D eigenvalue weighted by atomic mass is 19.4. The monoisotopic (exact) mass is 122 g/mol. The summed E-state index contributed by atoms with van der Waals surface area (Å²) in [5.74, 6) is -0.0428. The van der Waals surface area contributed by atoms with E-state index in [1.54, 1.807) is 5.92 Å². The Labute approximate surface area is 45.7 Å². The van der Waals surface area contributed by atoms with Crippen LogP contribution in [0.2, 0.25) is 0 Å². The molecule has 0 aromatic rings. The summed E-state index contributed by atoms with van der Waals surface area (Å²) >= 11 is 0. The summed E-state index contributed by atoms with van der Waals surface area (Å²) in [6.45, 7) is 0.944. The van der Waals surface area contributed by atoms with Gasteiger partial charge in [0.2, 0.25) is 0 Å². The van der Waals surface area contributed by atoms with Crippen molar-refractivity contribution in [3.05, 3.63) is 0 Å². The van der Waals surface area contributed by atoms with Crippen molar-refractivity contribution in [3.63, 3.8) is 0 Å². The summed E-state index contributed by atoms with van der Waals surface area (Å²) in [7, 11) is 0. The number of hydrogen-bond acceptors (Lipinski definition) is 0. The molecule has 0 heterocycles. The summed E-state index contributed by atoms with van der Waals surface area (Å²) in [4.78, 5) is 0. The first kappa shape index (κ1) is 7.35. The topological polar surface area (TPSA) is 0 Å². The molecular weight excluding hydrogens is 117 g/mol. The Morgan fingerprint density at radius 2 is 1.88 bits per heavy atom. The van der Waals surface area contributed by atoms with Crippen LogP contribution >= 0.6 is 0 Å². The molecule has 0 aliphatic rings. The first-order valence-electron chi connectivity index (χ1n) is 2.01. The fourth-order valence-corrected chi connectivity index (χ4v) is 0.0945. The van der Waals surface area contributed by atoms with Crippen LogP contribution in [0.1, 0.15) is 6.92 Å². The maximum Gasteiger partial charge on any atom is 0.402 e. The minimum Gasteiger partial charge on any atom is -0.170 e. The van der Waals surface area contributed by atoms with E-state index in [0.717, 1.165) is 6.92 Å². The SMILES string of the molecule is C#CC(C)C(F)(F)F. The largest absolute Gasteiger partial charge is 0.402 e. The van der Waals surface area contributed by atoms with Gasteiger partial charge < -0.3 is 0 Å². The second-order valence-corrected chi connectivity index (χ2v) is 1.43. The minimum atomic E-state index is -4.23. The van der Waals surface area contributed by atoms with Gasteiger partial charge in [-0.25, -0.2) is 0 Å². The highest BCUT2D eigenvalue weighted by Crippen LogP contribution is 2.24. The van der Waals surface area contributed by atoms with Gasteiger partial charge >= 0.3 is 6.18 Å². The lowest BCUT2D eigenvalue weighted by molar-refractivity contribution is -0.153. The van der Waals surface area contributed by atoms with Crippen molar-refractivity contribution in [2.45, 2.75) is 13.1 Å². The first-order valence-corrected chi connectivity index (χ1v) is 2.01. The van der Waals surface area contributed by atoms with Gasteiger partial charge in [0.15, 0.2) is 0 Å². The number of halogens is 3. The van der Waals surface area contributed by atoms with Crippen molar-refractivity contribution >= 4 is 0 Å². The van der Waals surface area contributed by atoms with Crippen LogP contribution in [-0.4, -0.2) is 6.18 Å². The van der Waals surface area contributed by atoms with Gasteiger partial charge in [-0.2, -0.15) is 13.2 Å². The van der Waals surface area contributed by atoms with Crippen LogP contribution in [0.25, 0.3) is 0 Å². The smallest absolute Gasteiger partial charge is 0.170 e. The molecule has 0 amide bonds. The molecule has 0 nitrogen and oxygen atoms in total. The van der Waals surface area contributed by atoms with Crippen molar-refractivity contribution in [3.8, 4) is 12.3 Å². The average Bonchev–Trinajstić information content (AvgIpc) is 1.62. The first-order chi connectivity index (χ1) is 3.48. The van der Waals surface area contributed by atoms with Gasteiger partial charge in [-0.15, -0.1) is 6.42 Å². The van der Waals surface area contributed by atoms with Crippen LogP contribution in [0.3, 0.4) is 0 Å². The molecule has 0 spiro atoms. The van der Waals surface area contributed by atoms with Crippen LogP contribution < -0.4 is 0 Å². The predicted molar refractivity (Wildman–Crippen MR) is 24.1 cm³/mol. The third-order valence-corrected chi connectivity index (χ3v) is 0.741. The van der Waals surface area contributed by atoms with Gasteiger partial charge in [0, 0.05) is 0 Å². The van der Waals surface area contributed by atoms with Crippen LogP contribution in [-0.2, 0) is 0 Å². The third-order valence-electron chi connectivity index (χ3n) is 0.741. The Balaban J connectivity index is 3.87. The van der Waals surface area contributed by atoms with E-state index in [1.807, 2.05) is 0 Å². The van der Waals surface area contributed by atoms with E-state index in [9.17, 15) is 13.2 Å². The maximum atomic E-state index is 11.3. The van der Waals surface area contributed by atoms with Crippen LogP contribution in [0.4, 0.5) is 13.2 Å². The van der Waals surface area contributed by atoms with E-state index in [4.69, 9.17) is 0 Å². The van der Waals surface area contributed by atoms with Gasteiger partial charge in [0.25, 0.3) is 0 Å². The lowest BCUT2D eigenvalue weighted by Crippen LogP contribution is -2.17. The van der Waals surface area contributed by atoms with Crippen LogP contribution in [0.15, 0.2) is 0 Å². The van der Waals surface area contributed by atoms with E-state index < -0.39 is 12.1 Å². The van der Waals surface area contributed by atoms with Gasteiger partial charge in [-0.05, 0) is 6.92 Å². The van der Waals surface area contributed by atoms with E-state index >= 15 is 0 Å².